The van der Waals surface area contributed by atoms with Crippen molar-refractivity contribution in [2.75, 3.05) is 6.26 Å². The van der Waals surface area contributed by atoms with E-state index in [-0.39, 0.29) is 22.0 Å². The van der Waals surface area contributed by atoms with Gasteiger partial charge in [0.25, 0.3) is 5.91 Å². The smallest absolute Gasteiger partial charge is 0.280 e. The zero-order chi connectivity index (χ0) is 18.8. The fourth-order valence-electron chi connectivity index (χ4n) is 2.10. The number of rotatable bonds is 4. The Morgan fingerprint density at radius 1 is 1.20 bits per heavy atom. The number of amides is 1. The number of sulfone groups is 1. The normalized spacial score (nSPS) is 11.0. The van der Waals surface area contributed by atoms with Crippen LogP contribution < -0.4 is 16.2 Å². The van der Waals surface area contributed by atoms with Crippen LogP contribution in [-0.4, -0.2) is 26.5 Å². The number of carbonyl (C=O) groups is 1. The quantitative estimate of drug-likeness (QED) is 0.628. The molecule has 4 N–H and O–H groups in total. The molecule has 2 aromatic rings. The van der Waals surface area contributed by atoms with Gasteiger partial charge in [-0.05, 0) is 36.8 Å². The fraction of sp³-hybridized carbons (Fsp3) is 0.125. The molecule has 2 rings (SSSR count). The first-order valence-electron chi connectivity index (χ1n) is 7.00. The van der Waals surface area contributed by atoms with Gasteiger partial charge in [-0.2, -0.15) is 4.99 Å². The van der Waals surface area contributed by atoms with Crippen LogP contribution in [0.1, 0.15) is 15.9 Å². The summed E-state index contributed by atoms with van der Waals surface area (Å²) < 4.78 is 42.9. The van der Waals surface area contributed by atoms with Gasteiger partial charge in [0.1, 0.15) is 22.2 Å². The molecule has 0 aliphatic heterocycles. The predicted molar refractivity (Wildman–Crippen MR) is 90.9 cm³/mol. The number of aliphatic imine (C=N–C) groups is 1. The lowest BCUT2D eigenvalue weighted by Crippen LogP contribution is -2.24. The van der Waals surface area contributed by atoms with Crippen LogP contribution in [0.4, 0.5) is 4.39 Å². The Morgan fingerprint density at radius 3 is 2.44 bits per heavy atom. The van der Waals surface area contributed by atoms with Crippen molar-refractivity contribution >= 4 is 21.7 Å². The molecular weight excluding hydrogens is 349 g/mol. The third-order valence-electron chi connectivity index (χ3n) is 3.18. The van der Waals surface area contributed by atoms with Crippen LogP contribution in [0.5, 0.6) is 11.5 Å². The molecule has 25 heavy (non-hydrogen) atoms. The second-order valence-electron chi connectivity index (χ2n) is 5.29. The molecule has 0 aliphatic rings. The molecular formula is C16H16FN3O4S. The molecule has 7 nitrogen and oxygen atoms in total. The first kappa shape index (κ1) is 18.4. The fourth-order valence-corrected chi connectivity index (χ4v) is 2.89. The van der Waals surface area contributed by atoms with E-state index < -0.39 is 27.5 Å². The van der Waals surface area contributed by atoms with Gasteiger partial charge in [0.05, 0.1) is 0 Å². The number of carbonyl (C=O) groups excluding carboxylic acids is 1. The molecule has 0 unspecified atom stereocenters. The standard InChI is InChI=1S/C16H16FN3O4S/c1-9-6-13(24-11-5-3-4-10(17)7-11)14(25(2,22)23)8-12(9)15(21)20-16(18)19/h3-8H,1-2H3,(H4,18,19,20,21). The van der Waals surface area contributed by atoms with Crippen molar-refractivity contribution in [2.45, 2.75) is 11.8 Å². The SMILES string of the molecule is Cc1cc(Oc2cccc(F)c2)c(S(C)(=O)=O)cc1C(=O)N=C(N)N. The third-order valence-corrected chi connectivity index (χ3v) is 4.29. The first-order valence-corrected chi connectivity index (χ1v) is 8.89. The maximum absolute atomic E-state index is 13.3. The molecule has 0 heterocycles. The summed E-state index contributed by atoms with van der Waals surface area (Å²) in [5, 5.41) is 0. The van der Waals surface area contributed by atoms with Gasteiger partial charge in [-0.15, -0.1) is 0 Å². The second-order valence-corrected chi connectivity index (χ2v) is 7.27. The molecule has 0 saturated heterocycles. The van der Waals surface area contributed by atoms with Gasteiger partial charge in [-0.3, -0.25) is 4.79 Å². The Kier molecular flexibility index (Phi) is 5.07. The topological polar surface area (TPSA) is 125 Å². The predicted octanol–water partition coefficient (Wildman–Crippen LogP) is 1.74. The summed E-state index contributed by atoms with van der Waals surface area (Å²) in [6.07, 6.45) is 0.963. The molecule has 0 bridgehead atoms. The number of nitrogens with two attached hydrogens (primary N) is 2. The number of halogens is 1. The van der Waals surface area contributed by atoms with Crippen molar-refractivity contribution < 1.29 is 22.3 Å². The number of nitrogens with zero attached hydrogens (tertiary/aromatic N) is 1. The van der Waals surface area contributed by atoms with Gasteiger partial charge < -0.3 is 16.2 Å². The Morgan fingerprint density at radius 2 is 1.88 bits per heavy atom. The van der Waals surface area contributed by atoms with Crippen LogP contribution in [-0.2, 0) is 9.84 Å². The second kappa shape index (κ2) is 6.89. The van der Waals surface area contributed by atoms with Crippen molar-refractivity contribution in [3.05, 3.63) is 53.3 Å². The minimum atomic E-state index is -3.75. The minimum absolute atomic E-state index is 0.0143. The molecule has 0 atom stereocenters. The number of ether oxygens (including phenoxy) is 1. The highest BCUT2D eigenvalue weighted by molar-refractivity contribution is 7.90. The number of hydrogen-bond acceptors (Lipinski definition) is 4. The Labute approximate surface area is 144 Å². The first-order chi connectivity index (χ1) is 11.6. The molecule has 0 aromatic heterocycles. The Balaban J connectivity index is 2.59. The van der Waals surface area contributed by atoms with Crippen LogP contribution in [0, 0.1) is 12.7 Å². The van der Waals surface area contributed by atoms with Crippen LogP contribution in [0.3, 0.4) is 0 Å². The average molecular weight is 365 g/mol. The molecule has 9 heteroatoms. The van der Waals surface area contributed by atoms with E-state index in [0.29, 0.717) is 5.56 Å². The van der Waals surface area contributed by atoms with E-state index in [1.807, 2.05) is 0 Å². The summed E-state index contributed by atoms with van der Waals surface area (Å²) in [5.41, 5.74) is 10.8. The maximum Gasteiger partial charge on any atom is 0.280 e. The number of aryl methyl sites for hydroxylation is 1. The number of hydrogen-bond donors (Lipinski definition) is 2. The highest BCUT2D eigenvalue weighted by Gasteiger charge is 2.21. The van der Waals surface area contributed by atoms with E-state index >= 15 is 0 Å². The van der Waals surface area contributed by atoms with E-state index in [9.17, 15) is 17.6 Å². The van der Waals surface area contributed by atoms with Crippen molar-refractivity contribution in [1.29, 1.82) is 0 Å². The average Bonchev–Trinajstić information content (AvgIpc) is 2.45. The lowest BCUT2D eigenvalue weighted by molar-refractivity contribution is 0.100. The van der Waals surface area contributed by atoms with E-state index in [2.05, 4.69) is 4.99 Å². The summed E-state index contributed by atoms with van der Waals surface area (Å²) in [5.74, 6) is -1.67. The summed E-state index contributed by atoms with van der Waals surface area (Å²) in [6.45, 7) is 1.57. The Bertz CT molecular complexity index is 967. The zero-order valence-corrected chi connectivity index (χ0v) is 14.3. The summed E-state index contributed by atoms with van der Waals surface area (Å²) in [4.78, 5) is 15.2. The van der Waals surface area contributed by atoms with Gasteiger partial charge in [0, 0.05) is 17.9 Å². The van der Waals surface area contributed by atoms with Crippen molar-refractivity contribution in [2.24, 2.45) is 16.5 Å². The highest BCUT2D eigenvalue weighted by atomic mass is 32.2. The summed E-state index contributed by atoms with van der Waals surface area (Å²) in [6, 6.07) is 7.73. The van der Waals surface area contributed by atoms with Gasteiger partial charge in [0.2, 0.25) is 0 Å². The molecule has 132 valence electrons. The third kappa shape index (κ3) is 4.54. The van der Waals surface area contributed by atoms with Crippen molar-refractivity contribution in [1.82, 2.24) is 0 Å². The molecule has 0 spiro atoms. The number of benzene rings is 2. The molecule has 0 fully saturated rings. The zero-order valence-electron chi connectivity index (χ0n) is 13.5. The van der Waals surface area contributed by atoms with Crippen molar-refractivity contribution in [3.63, 3.8) is 0 Å². The minimum Gasteiger partial charge on any atom is -0.456 e. The monoisotopic (exact) mass is 365 g/mol. The molecule has 0 aliphatic carbocycles. The van der Waals surface area contributed by atoms with Crippen LogP contribution >= 0.6 is 0 Å². The molecule has 1 amide bonds. The molecule has 0 radical (unpaired) electrons. The van der Waals surface area contributed by atoms with Crippen molar-refractivity contribution in [3.8, 4) is 11.5 Å². The van der Waals surface area contributed by atoms with E-state index in [4.69, 9.17) is 16.2 Å². The van der Waals surface area contributed by atoms with Crippen LogP contribution in [0.15, 0.2) is 46.3 Å². The van der Waals surface area contributed by atoms with Gasteiger partial charge in [-0.25, -0.2) is 12.8 Å². The van der Waals surface area contributed by atoms with Crippen LogP contribution in [0.2, 0.25) is 0 Å². The van der Waals surface area contributed by atoms with Crippen LogP contribution in [0.25, 0.3) is 0 Å². The Hall–Kier alpha value is -2.94. The lowest BCUT2D eigenvalue weighted by atomic mass is 10.1. The van der Waals surface area contributed by atoms with Gasteiger partial charge in [-0.1, -0.05) is 6.07 Å². The van der Waals surface area contributed by atoms with Gasteiger partial charge in [0.15, 0.2) is 15.8 Å². The number of guanidine groups is 1. The highest BCUT2D eigenvalue weighted by Crippen LogP contribution is 2.32. The summed E-state index contributed by atoms with van der Waals surface area (Å²) >= 11 is 0. The maximum atomic E-state index is 13.3. The lowest BCUT2D eigenvalue weighted by Gasteiger charge is -2.13. The van der Waals surface area contributed by atoms with Gasteiger partial charge >= 0.3 is 0 Å². The van der Waals surface area contributed by atoms with E-state index in [1.54, 1.807) is 6.92 Å². The molecule has 0 saturated carbocycles. The largest absolute Gasteiger partial charge is 0.456 e. The van der Waals surface area contributed by atoms with E-state index in [1.165, 1.54) is 24.3 Å². The molecule has 2 aromatic carbocycles. The summed E-state index contributed by atoms with van der Waals surface area (Å²) in [7, 11) is -3.75. The van der Waals surface area contributed by atoms with E-state index in [0.717, 1.165) is 18.4 Å².